The number of anilines is 1. The lowest BCUT2D eigenvalue weighted by molar-refractivity contribution is -0.137. The average Bonchev–Trinajstić information content (AvgIpc) is 2.44. The van der Waals surface area contributed by atoms with Crippen LogP contribution in [0.3, 0.4) is 0 Å². The minimum Gasteiger partial charge on any atom is -0.378 e. The third kappa shape index (κ3) is 4.14. The highest BCUT2D eigenvalue weighted by atomic mass is 35.5. The summed E-state index contributed by atoms with van der Waals surface area (Å²) in [5, 5.41) is 3.86. The van der Waals surface area contributed by atoms with Crippen LogP contribution in [0.4, 0.5) is 18.9 Å². The molecule has 0 aliphatic rings. The Labute approximate surface area is 126 Å². The van der Waals surface area contributed by atoms with Crippen LogP contribution in [-0.2, 0) is 6.18 Å². The molecule has 5 heteroatoms. The fourth-order valence-electron chi connectivity index (χ4n) is 2.10. The number of hydrogen-bond acceptors (Lipinski definition) is 1. The van der Waals surface area contributed by atoms with Crippen molar-refractivity contribution in [3.05, 3.63) is 64.7 Å². The molecule has 0 fully saturated rings. The zero-order valence-electron chi connectivity index (χ0n) is 11.4. The Morgan fingerprint density at radius 1 is 1.10 bits per heavy atom. The van der Waals surface area contributed by atoms with Crippen LogP contribution in [0.5, 0.6) is 0 Å². The molecular weight excluding hydrogens is 299 g/mol. The number of nitrogens with one attached hydrogen (secondary N) is 1. The molecule has 0 spiro atoms. The van der Waals surface area contributed by atoms with Crippen molar-refractivity contribution in [3.63, 3.8) is 0 Å². The predicted octanol–water partition coefficient (Wildman–Crippen LogP) is 5.92. The number of benzene rings is 2. The van der Waals surface area contributed by atoms with E-state index in [2.05, 4.69) is 5.32 Å². The van der Waals surface area contributed by atoms with E-state index in [1.165, 1.54) is 12.1 Å². The summed E-state index contributed by atoms with van der Waals surface area (Å²) in [7, 11) is 0. The SMILES string of the molecule is CCC(Nc1ccc(C(F)(F)F)cc1)c1cccc(Cl)c1. The maximum atomic E-state index is 12.5. The van der Waals surface area contributed by atoms with Crippen LogP contribution in [-0.4, -0.2) is 0 Å². The maximum Gasteiger partial charge on any atom is 0.416 e. The quantitative estimate of drug-likeness (QED) is 0.738. The van der Waals surface area contributed by atoms with Gasteiger partial charge in [-0.2, -0.15) is 13.2 Å². The lowest BCUT2D eigenvalue weighted by Crippen LogP contribution is -2.10. The van der Waals surface area contributed by atoms with Crippen LogP contribution in [0.25, 0.3) is 0 Å². The molecular formula is C16H15ClF3N. The van der Waals surface area contributed by atoms with Gasteiger partial charge in [0.25, 0.3) is 0 Å². The Kier molecular flexibility index (Phi) is 4.78. The Morgan fingerprint density at radius 2 is 1.76 bits per heavy atom. The van der Waals surface area contributed by atoms with Gasteiger partial charge in [-0.1, -0.05) is 30.7 Å². The molecule has 1 unspecified atom stereocenters. The van der Waals surface area contributed by atoms with Crippen LogP contribution in [0.15, 0.2) is 48.5 Å². The normalized spacial score (nSPS) is 13.0. The van der Waals surface area contributed by atoms with E-state index in [0.29, 0.717) is 10.7 Å². The van der Waals surface area contributed by atoms with E-state index in [1.807, 2.05) is 25.1 Å². The Balaban J connectivity index is 2.15. The minimum atomic E-state index is -4.31. The number of alkyl halides is 3. The molecule has 0 radical (unpaired) electrons. The van der Waals surface area contributed by atoms with Crippen LogP contribution >= 0.6 is 11.6 Å². The summed E-state index contributed by atoms with van der Waals surface area (Å²) in [5.41, 5.74) is 1.00. The van der Waals surface area contributed by atoms with Gasteiger partial charge < -0.3 is 5.32 Å². The summed E-state index contributed by atoms with van der Waals surface area (Å²) in [4.78, 5) is 0. The smallest absolute Gasteiger partial charge is 0.378 e. The fraction of sp³-hybridized carbons (Fsp3) is 0.250. The molecule has 0 aliphatic carbocycles. The monoisotopic (exact) mass is 313 g/mol. The fourth-order valence-corrected chi connectivity index (χ4v) is 2.30. The van der Waals surface area contributed by atoms with Crippen molar-refractivity contribution in [1.29, 1.82) is 0 Å². The predicted molar refractivity (Wildman–Crippen MR) is 79.6 cm³/mol. The Morgan fingerprint density at radius 3 is 2.29 bits per heavy atom. The van der Waals surface area contributed by atoms with Crippen molar-refractivity contribution in [2.45, 2.75) is 25.6 Å². The second kappa shape index (κ2) is 6.39. The van der Waals surface area contributed by atoms with Gasteiger partial charge in [-0.15, -0.1) is 0 Å². The molecule has 1 atom stereocenters. The molecule has 0 aromatic heterocycles. The molecule has 0 bridgehead atoms. The summed E-state index contributed by atoms with van der Waals surface area (Å²) in [6.07, 6.45) is -3.52. The average molecular weight is 314 g/mol. The highest BCUT2D eigenvalue weighted by Crippen LogP contribution is 2.31. The van der Waals surface area contributed by atoms with Crippen molar-refractivity contribution in [3.8, 4) is 0 Å². The highest BCUT2D eigenvalue weighted by molar-refractivity contribution is 6.30. The molecule has 0 amide bonds. The van der Waals surface area contributed by atoms with Crippen LogP contribution in [0, 0.1) is 0 Å². The standard InChI is InChI=1S/C16H15ClF3N/c1-2-15(11-4-3-5-13(17)10-11)21-14-8-6-12(7-9-14)16(18,19)20/h3-10,15,21H,2H2,1H3. The first-order chi connectivity index (χ1) is 9.90. The zero-order valence-corrected chi connectivity index (χ0v) is 12.2. The van der Waals surface area contributed by atoms with Gasteiger partial charge in [0.05, 0.1) is 11.6 Å². The van der Waals surface area contributed by atoms with Crippen molar-refractivity contribution >= 4 is 17.3 Å². The molecule has 0 saturated heterocycles. The van der Waals surface area contributed by atoms with Gasteiger partial charge in [0.15, 0.2) is 0 Å². The Bertz CT molecular complexity index is 593. The third-order valence-corrected chi connectivity index (χ3v) is 3.45. The van der Waals surface area contributed by atoms with Crippen LogP contribution in [0.1, 0.15) is 30.5 Å². The minimum absolute atomic E-state index is 0.000404. The molecule has 21 heavy (non-hydrogen) atoms. The van der Waals surface area contributed by atoms with E-state index in [1.54, 1.807) is 6.07 Å². The van der Waals surface area contributed by atoms with Crippen molar-refractivity contribution < 1.29 is 13.2 Å². The molecule has 0 heterocycles. The van der Waals surface area contributed by atoms with Gasteiger partial charge in [0, 0.05) is 10.7 Å². The molecule has 2 aromatic carbocycles. The van der Waals surface area contributed by atoms with Gasteiger partial charge in [-0.3, -0.25) is 0 Å². The number of hydrogen-bond donors (Lipinski definition) is 1. The summed E-state index contributed by atoms with van der Waals surface area (Å²) in [6.45, 7) is 2.00. The van der Waals surface area contributed by atoms with Crippen molar-refractivity contribution in [1.82, 2.24) is 0 Å². The first-order valence-corrected chi connectivity index (χ1v) is 6.97. The van der Waals surface area contributed by atoms with E-state index in [0.717, 1.165) is 24.1 Å². The summed E-state index contributed by atoms with van der Waals surface area (Å²) < 4.78 is 37.6. The first kappa shape index (κ1) is 15.7. The maximum absolute atomic E-state index is 12.5. The molecule has 0 saturated carbocycles. The first-order valence-electron chi connectivity index (χ1n) is 6.59. The molecule has 1 N–H and O–H groups in total. The van der Waals surface area contributed by atoms with E-state index >= 15 is 0 Å². The lowest BCUT2D eigenvalue weighted by Gasteiger charge is -2.19. The van der Waals surface area contributed by atoms with Gasteiger partial charge in [-0.25, -0.2) is 0 Å². The summed E-state index contributed by atoms with van der Waals surface area (Å²) >= 11 is 5.97. The van der Waals surface area contributed by atoms with Gasteiger partial charge in [0.1, 0.15) is 0 Å². The van der Waals surface area contributed by atoms with Gasteiger partial charge in [0.2, 0.25) is 0 Å². The van der Waals surface area contributed by atoms with Gasteiger partial charge >= 0.3 is 6.18 Å². The van der Waals surface area contributed by atoms with E-state index in [-0.39, 0.29) is 6.04 Å². The van der Waals surface area contributed by atoms with Crippen LogP contribution in [0.2, 0.25) is 5.02 Å². The molecule has 0 aliphatic heterocycles. The van der Waals surface area contributed by atoms with Crippen molar-refractivity contribution in [2.75, 3.05) is 5.32 Å². The number of rotatable bonds is 4. The highest BCUT2D eigenvalue weighted by Gasteiger charge is 2.29. The molecule has 2 rings (SSSR count). The van der Waals surface area contributed by atoms with Crippen molar-refractivity contribution in [2.24, 2.45) is 0 Å². The second-order valence-corrected chi connectivity index (χ2v) is 5.17. The van der Waals surface area contributed by atoms with E-state index < -0.39 is 11.7 Å². The largest absolute Gasteiger partial charge is 0.416 e. The topological polar surface area (TPSA) is 12.0 Å². The molecule has 112 valence electrons. The Hall–Kier alpha value is -1.68. The van der Waals surface area contributed by atoms with E-state index in [4.69, 9.17) is 11.6 Å². The van der Waals surface area contributed by atoms with Gasteiger partial charge in [-0.05, 0) is 48.4 Å². The molecule has 1 nitrogen and oxygen atoms in total. The molecule has 2 aromatic rings. The summed E-state index contributed by atoms with van der Waals surface area (Å²) in [5.74, 6) is 0. The van der Waals surface area contributed by atoms with E-state index in [9.17, 15) is 13.2 Å². The number of halogens is 4. The zero-order chi connectivity index (χ0) is 15.5. The third-order valence-electron chi connectivity index (χ3n) is 3.21. The lowest BCUT2D eigenvalue weighted by atomic mass is 10.0. The van der Waals surface area contributed by atoms with Crippen LogP contribution < -0.4 is 5.32 Å². The second-order valence-electron chi connectivity index (χ2n) is 4.74. The summed E-state index contributed by atoms with van der Waals surface area (Å²) in [6, 6.07) is 12.5.